The van der Waals surface area contributed by atoms with Gasteiger partial charge < -0.3 is 14.8 Å². The number of rotatable bonds is 8. The molecule has 0 spiro atoms. The highest BCUT2D eigenvalue weighted by atomic mass is 32.1. The fraction of sp³-hybridized carbons (Fsp3) is 0.304. The Balaban J connectivity index is 0.00000133. The summed E-state index contributed by atoms with van der Waals surface area (Å²) >= 11 is 1.42. The summed E-state index contributed by atoms with van der Waals surface area (Å²) in [5.41, 5.74) is 4.81. The van der Waals surface area contributed by atoms with Gasteiger partial charge in [0.05, 0.1) is 41.1 Å². The molecule has 5 aromatic heterocycles. The zero-order valence-electron chi connectivity index (χ0n) is 19.5. The lowest BCUT2D eigenvalue weighted by atomic mass is 10.2. The van der Waals surface area contributed by atoms with Crippen LogP contribution in [0.5, 0.6) is 5.75 Å². The summed E-state index contributed by atoms with van der Waals surface area (Å²) in [6.45, 7) is 7.36. The van der Waals surface area contributed by atoms with Crippen LogP contribution >= 0.6 is 11.5 Å². The maximum atomic E-state index is 5.63. The highest BCUT2D eigenvalue weighted by Crippen LogP contribution is 2.24. The first kappa shape index (κ1) is 23.5. The second-order valence-corrected chi connectivity index (χ2v) is 7.83. The number of fused-ring (bicyclic) bond motifs is 2. The Hall–Kier alpha value is -3.70. The first-order valence-corrected chi connectivity index (χ1v) is 11.7. The third-order valence-corrected chi connectivity index (χ3v) is 5.66. The molecule has 0 aliphatic rings. The number of ether oxygens (including phenoxy) is 2. The number of aryl methyl sites for hydroxylation is 1. The molecule has 34 heavy (non-hydrogen) atoms. The van der Waals surface area contributed by atoms with Crippen LogP contribution in [-0.2, 0) is 11.3 Å². The lowest BCUT2D eigenvalue weighted by molar-refractivity contribution is 0.146. The van der Waals surface area contributed by atoms with E-state index in [1.807, 2.05) is 51.1 Å². The van der Waals surface area contributed by atoms with E-state index in [1.54, 1.807) is 24.0 Å². The van der Waals surface area contributed by atoms with Crippen LogP contribution in [0.25, 0.3) is 27.3 Å². The van der Waals surface area contributed by atoms with Crippen molar-refractivity contribution in [3.05, 3.63) is 54.2 Å². The number of anilines is 1. The van der Waals surface area contributed by atoms with Crippen LogP contribution in [0.4, 0.5) is 5.69 Å². The molecule has 0 bridgehead atoms. The number of aromatic nitrogens is 7. The van der Waals surface area contributed by atoms with Crippen molar-refractivity contribution in [3.8, 4) is 16.3 Å². The number of nitrogens with zero attached hydrogens (tertiary/aromatic N) is 7. The Morgan fingerprint density at radius 3 is 2.74 bits per heavy atom. The summed E-state index contributed by atoms with van der Waals surface area (Å²) in [4.78, 5) is 9.94. The summed E-state index contributed by atoms with van der Waals surface area (Å²) in [5, 5.41) is 16.6. The molecule has 5 rings (SSSR count). The van der Waals surface area contributed by atoms with E-state index in [9.17, 15) is 0 Å². The molecule has 0 radical (unpaired) electrons. The third kappa shape index (κ3) is 5.10. The summed E-state index contributed by atoms with van der Waals surface area (Å²) in [5.74, 6) is 1.34. The maximum absolute atomic E-state index is 5.63. The van der Waals surface area contributed by atoms with Gasteiger partial charge in [0.2, 0.25) is 0 Å². The topological polar surface area (TPSA) is 112 Å². The Labute approximate surface area is 201 Å². The molecule has 10 nitrogen and oxygen atoms in total. The second-order valence-electron chi connectivity index (χ2n) is 7.03. The Morgan fingerprint density at radius 2 is 1.94 bits per heavy atom. The second kappa shape index (κ2) is 10.9. The number of nitrogens with one attached hydrogen (secondary N) is 1. The van der Waals surface area contributed by atoms with Crippen LogP contribution in [0, 0.1) is 6.92 Å². The minimum atomic E-state index is 0.423. The van der Waals surface area contributed by atoms with Gasteiger partial charge in [-0.2, -0.15) is 14.0 Å². The number of pyridine rings is 2. The van der Waals surface area contributed by atoms with E-state index in [-0.39, 0.29) is 0 Å². The molecule has 176 valence electrons. The predicted molar refractivity (Wildman–Crippen MR) is 132 cm³/mol. The summed E-state index contributed by atoms with van der Waals surface area (Å²) in [7, 11) is 1.64. The van der Waals surface area contributed by atoms with Crippen molar-refractivity contribution in [2.75, 3.05) is 25.6 Å². The van der Waals surface area contributed by atoms with Gasteiger partial charge in [-0.25, -0.2) is 4.98 Å². The molecule has 0 saturated carbocycles. The predicted octanol–water partition coefficient (Wildman–Crippen LogP) is 4.16. The van der Waals surface area contributed by atoms with E-state index in [4.69, 9.17) is 14.6 Å². The normalized spacial score (nSPS) is 10.8. The van der Waals surface area contributed by atoms with Gasteiger partial charge in [-0.05, 0) is 42.7 Å². The quantitative estimate of drug-likeness (QED) is 0.328. The zero-order valence-corrected chi connectivity index (χ0v) is 20.3. The minimum Gasteiger partial charge on any atom is -0.489 e. The van der Waals surface area contributed by atoms with Crippen molar-refractivity contribution in [3.63, 3.8) is 0 Å². The van der Waals surface area contributed by atoms with Crippen molar-refractivity contribution in [1.29, 1.82) is 0 Å². The van der Waals surface area contributed by atoms with Gasteiger partial charge in [-0.3, -0.25) is 4.98 Å². The average molecular weight is 479 g/mol. The van der Waals surface area contributed by atoms with Gasteiger partial charge in [-0.15, -0.1) is 10.2 Å². The van der Waals surface area contributed by atoms with Crippen LogP contribution in [-0.4, -0.2) is 54.5 Å². The lowest BCUT2D eigenvalue weighted by Gasteiger charge is -2.10. The number of hydrogen-bond donors (Lipinski definition) is 1. The standard InChI is InChI=1S/C21H20N8O2S.C2H6/c1-13-9-18(32-28-13)15-3-4-19-25-26-20(29(19)27-15)12-23-16-5-6-22-17-10-14(11-24-21(16)17)31-8-7-30-2;1-2/h3-6,9-11H,7-8,12H2,1-2H3,(H,22,23);1-2H3. The lowest BCUT2D eigenvalue weighted by Crippen LogP contribution is -2.07. The third-order valence-electron chi connectivity index (χ3n) is 4.75. The smallest absolute Gasteiger partial charge is 0.178 e. The Morgan fingerprint density at radius 1 is 1.06 bits per heavy atom. The van der Waals surface area contributed by atoms with Crippen LogP contribution in [0.15, 0.2) is 42.7 Å². The first-order chi connectivity index (χ1) is 16.7. The molecule has 11 heteroatoms. The summed E-state index contributed by atoms with van der Waals surface area (Å²) in [6, 6.07) is 9.59. The van der Waals surface area contributed by atoms with E-state index in [1.165, 1.54) is 11.5 Å². The molecule has 0 aliphatic heterocycles. The van der Waals surface area contributed by atoms with E-state index in [0.717, 1.165) is 33.0 Å². The van der Waals surface area contributed by atoms with E-state index >= 15 is 0 Å². The van der Waals surface area contributed by atoms with Crippen molar-refractivity contribution < 1.29 is 9.47 Å². The zero-order chi connectivity index (χ0) is 23.9. The van der Waals surface area contributed by atoms with Crippen LogP contribution in [0.1, 0.15) is 25.4 Å². The monoisotopic (exact) mass is 478 g/mol. The van der Waals surface area contributed by atoms with Gasteiger partial charge in [0.15, 0.2) is 11.5 Å². The SMILES string of the molecule is CC.COCCOc1cnc2c(NCc3nnc4ccc(-c5cc(C)ns5)nn34)ccnc2c1. The van der Waals surface area contributed by atoms with Crippen molar-refractivity contribution >= 4 is 33.9 Å². The van der Waals surface area contributed by atoms with Crippen LogP contribution < -0.4 is 10.1 Å². The van der Waals surface area contributed by atoms with Gasteiger partial charge in [0.25, 0.3) is 0 Å². The fourth-order valence-corrected chi connectivity index (χ4v) is 3.93. The molecular formula is C23H26N8O2S. The Bertz CT molecular complexity index is 1380. The fourth-order valence-electron chi connectivity index (χ4n) is 3.21. The number of hydrogen-bond acceptors (Lipinski definition) is 10. The van der Waals surface area contributed by atoms with E-state index in [2.05, 4.69) is 29.9 Å². The molecule has 0 aromatic carbocycles. The van der Waals surface area contributed by atoms with E-state index < -0.39 is 0 Å². The first-order valence-electron chi connectivity index (χ1n) is 11.0. The minimum absolute atomic E-state index is 0.423. The summed E-state index contributed by atoms with van der Waals surface area (Å²) in [6.07, 6.45) is 3.41. The molecule has 1 N–H and O–H groups in total. The largest absolute Gasteiger partial charge is 0.489 e. The highest BCUT2D eigenvalue weighted by Gasteiger charge is 2.12. The summed E-state index contributed by atoms with van der Waals surface area (Å²) < 4.78 is 16.7. The molecule has 0 atom stereocenters. The van der Waals surface area contributed by atoms with Crippen LogP contribution in [0.2, 0.25) is 0 Å². The maximum Gasteiger partial charge on any atom is 0.178 e. The van der Waals surface area contributed by atoms with Crippen LogP contribution in [0.3, 0.4) is 0 Å². The van der Waals surface area contributed by atoms with Crippen molar-refractivity contribution in [1.82, 2.24) is 34.2 Å². The molecule has 0 unspecified atom stereocenters. The van der Waals surface area contributed by atoms with Gasteiger partial charge >= 0.3 is 0 Å². The van der Waals surface area contributed by atoms with Crippen molar-refractivity contribution in [2.45, 2.75) is 27.3 Å². The number of methoxy groups -OCH3 is 1. The molecule has 0 amide bonds. The molecule has 5 heterocycles. The van der Waals surface area contributed by atoms with Gasteiger partial charge in [0, 0.05) is 19.4 Å². The van der Waals surface area contributed by atoms with Gasteiger partial charge in [-0.1, -0.05) is 13.8 Å². The van der Waals surface area contributed by atoms with Crippen molar-refractivity contribution in [2.24, 2.45) is 0 Å². The molecule has 0 fully saturated rings. The van der Waals surface area contributed by atoms with E-state index in [0.29, 0.717) is 37.0 Å². The molecular weight excluding hydrogens is 452 g/mol. The Kier molecular flexibility index (Phi) is 7.55. The molecule has 5 aromatic rings. The van der Waals surface area contributed by atoms with Gasteiger partial charge in [0.1, 0.15) is 23.6 Å². The molecule has 0 saturated heterocycles. The average Bonchev–Trinajstić information content (AvgIpc) is 3.49. The highest BCUT2D eigenvalue weighted by molar-refractivity contribution is 7.09. The molecule has 0 aliphatic carbocycles.